The number of nitrogens with one attached hydrogen (secondary N) is 2. The molecule has 2 amide bonds. The molecule has 4 N–H and O–H groups in total. The average molecular weight is 490 g/mol. The van der Waals surface area contributed by atoms with Crippen LogP contribution in [0.2, 0.25) is 10.0 Å². The van der Waals surface area contributed by atoms with Gasteiger partial charge >= 0.3 is 0 Å². The van der Waals surface area contributed by atoms with Crippen LogP contribution in [-0.4, -0.2) is 20.2 Å². The van der Waals surface area contributed by atoms with Gasteiger partial charge in [0.15, 0.2) is 0 Å². The molecule has 3 rings (SSSR count). The van der Waals surface area contributed by atoms with Crippen LogP contribution in [0.5, 0.6) is 0 Å². The maximum atomic E-state index is 12.9. The Kier molecular flexibility index (Phi) is 7.32. The molecule has 0 bridgehead atoms. The fourth-order valence-electron chi connectivity index (χ4n) is 2.64. The fourth-order valence-corrected chi connectivity index (χ4v) is 3.62. The second-order valence-electron chi connectivity index (χ2n) is 6.57. The molecule has 7 nitrogen and oxygen atoms in total. The number of nitrogens with two attached hydrogens (primary N) is 1. The van der Waals surface area contributed by atoms with Gasteiger partial charge in [-0.15, -0.1) is 0 Å². The smallest absolute Gasteiger partial charge is 0.272 e. The lowest BCUT2D eigenvalue weighted by atomic mass is 10.1. The fraction of sp³-hybridized carbons (Fsp3) is 0. The molecule has 0 aliphatic rings. The highest BCUT2D eigenvalue weighted by atomic mass is 35.5. The minimum Gasteiger partial charge on any atom is -0.321 e. The lowest BCUT2D eigenvalue weighted by molar-refractivity contribution is -0.113. The first-order valence-corrected chi connectivity index (χ1v) is 11.4. The Morgan fingerprint density at radius 3 is 2.16 bits per heavy atom. The molecule has 3 aromatic carbocycles. The van der Waals surface area contributed by atoms with Crippen LogP contribution in [0.4, 0.5) is 5.69 Å². The van der Waals surface area contributed by atoms with Gasteiger partial charge < -0.3 is 10.6 Å². The van der Waals surface area contributed by atoms with E-state index in [1.54, 1.807) is 42.5 Å². The van der Waals surface area contributed by atoms with Crippen LogP contribution in [0, 0.1) is 0 Å². The van der Waals surface area contributed by atoms with E-state index in [1.807, 2.05) is 0 Å². The number of anilines is 1. The summed E-state index contributed by atoms with van der Waals surface area (Å²) in [6.07, 6.45) is 1.41. The molecule has 3 aromatic rings. The van der Waals surface area contributed by atoms with Crippen molar-refractivity contribution in [1.82, 2.24) is 5.32 Å². The molecular formula is C22H17Cl2N3O4S. The van der Waals surface area contributed by atoms with E-state index >= 15 is 0 Å². The minimum absolute atomic E-state index is 0.0846. The molecule has 0 aromatic heterocycles. The highest BCUT2D eigenvalue weighted by Gasteiger charge is 2.16. The van der Waals surface area contributed by atoms with Crippen molar-refractivity contribution in [3.05, 3.63) is 99.7 Å². The Balaban J connectivity index is 1.91. The van der Waals surface area contributed by atoms with Crippen molar-refractivity contribution in [3.63, 3.8) is 0 Å². The lowest BCUT2D eigenvalue weighted by Crippen LogP contribution is -2.30. The Hall–Kier alpha value is -3.17. The number of carbonyl (C=O) groups is 2. The molecular weight excluding hydrogens is 473 g/mol. The van der Waals surface area contributed by atoms with Gasteiger partial charge in [0, 0.05) is 21.3 Å². The van der Waals surface area contributed by atoms with Gasteiger partial charge in [0.25, 0.3) is 11.8 Å². The number of primary sulfonamides is 1. The van der Waals surface area contributed by atoms with Crippen molar-refractivity contribution in [2.45, 2.75) is 4.90 Å². The molecule has 0 spiro atoms. The van der Waals surface area contributed by atoms with Crippen LogP contribution < -0.4 is 15.8 Å². The Labute approximate surface area is 194 Å². The molecule has 164 valence electrons. The molecule has 0 aliphatic carbocycles. The van der Waals surface area contributed by atoms with Crippen molar-refractivity contribution < 1.29 is 18.0 Å². The van der Waals surface area contributed by atoms with Gasteiger partial charge in [0.05, 0.1) is 4.90 Å². The SMILES string of the molecule is NS(=O)(=O)c1ccc(NC(=O)/C(=C\c2ccc(Cl)cc2Cl)NC(=O)c2ccccc2)cc1. The molecule has 32 heavy (non-hydrogen) atoms. The summed E-state index contributed by atoms with van der Waals surface area (Å²) in [5.74, 6) is -1.15. The van der Waals surface area contributed by atoms with E-state index in [0.717, 1.165) is 0 Å². The van der Waals surface area contributed by atoms with Crippen molar-refractivity contribution >= 4 is 56.8 Å². The van der Waals surface area contributed by atoms with E-state index in [2.05, 4.69) is 10.6 Å². The van der Waals surface area contributed by atoms with E-state index < -0.39 is 21.8 Å². The Morgan fingerprint density at radius 2 is 1.56 bits per heavy atom. The number of halogens is 2. The Bertz CT molecular complexity index is 1290. The van der Waals surface area contributed by atoms with Crippen LogP contribution in [0.3, 0.4) is 0 Å². The first-order valence-electron chi connectivity index (χ1n) is 9.11. The summed E-state index contributed by atoms with van der Waals surface area (Å²) in [5, 5.41) is 11.0. The second-order valence-corrected chi connectivity index (χ2v) is 8.97. The highest BCUT2D eigenvalue weighted by Crippen LogP contribution is 2.23. The monoisotopic (exact) mass is 489 g/mol. The molecule has 0 saturated heterocycles. The first kappa shape index (κ1) is 23.5. The second kappa shape index (κ2) is 9.97. The molecule has 0 heterocycles. The maximum absolute atomic E-state index is 12.9. The predicted octanol–water partition coefficient (Wildman–Crippen LogP) is 4.05. The zero-order valence-electron chi connectivity index (χ0n) is 16.4. The van der Waals surface area contributed by atoms with Gasteiger partial charge in [0.1, 0.15) is 5.70 Å². The van der Waals surface area contributed by atoms with Crippen molar-refractivity contribution in [2.24, 2.45) is 5.14 Å². The van der Waals surface area contributed by atoms with Crippen molar-refractivity contribution in [1.29, 1.82) is 0 Å². The molecule has 0 atom stereocenters. The quantitative estimate of drug-likeness (QED) is 0.452. The van der Waals surface area contributed by atoms with Gasteiger partial charge in [-0.05, 0) is 60.2 Å². The van der Waals surface area contributed by atoms with Crippen molar-refractivity contribution in [3.8, 4) is 0 Å². The summed E-state index contributed by atoms with van der Waals surface area (Å²) in [5.41, 5.74) is 1.02. The molecule has 10 heteroatoms. The van der Waals surface area contributed by atoms with Crippen LogP contribution in [0.1, 0.15) is 15.9 Å². The van der Waals surface area contributed by atoms with Gasteiger partial charge in [-0.2, -0.15) is 0 Å². The number of rotatable bonds is 6. The summed E-state index contributed by atoms with van der Waals surface area (Å²) in [6, 6.07) is 18.3. The number of benzene rings is 3. The van der Waals surface area contributed by atoms with Crippen molar-refractivity contribution in [2.75, 3.05) is 5.32 Å². The number of carbonyl (C=O) groups excluding carboxylic acids is 2. The topological polar surface area (TPSA) is 118 Å². The third-order valence-corrected chi connectivity index (χ3v) is 5.72. The zero-order chi connectivity index (χ0) is 23.3. The predicted molar refractivity (Wildman–Crippen MR) is 125 cm³/mol. The van der Waals surface area contributed by atoms with E-state index in [0.29, 0.717) is 21.8 Å². The van der Waals surface area contributed by atoms with Crippen LogP contribution in [-0.2, 0) is 14.8 Å². The summed E-state index contributed by atoms with van der Waals surface area (Å²) in [6.45, 7) is 0. The van der Waals surface area contributed by atoms with E-state index in [-0.39, 0.29) is 15.6 Å². The summed E-state index contributed by atoms with van der Waals surface area (Å²) in [7, 11) is -3.87. The number of sulfonamides is 1. The summed E-state index contributed by atoms with van der Waals surface area (Å²) < 4.78 is 22.8. The van der Waals surface area contributed by atoms with E-state index in [1.165, 1.54) is 36.4 Å². The van der Waals surface area contributed by atoms with Gasteiger partial charge in [-0.25, -0.2) is 13.6 Å². The average Bonchev–Trinajstić information content (AvgIpc) is 2.75. The van der Waals surface area contributed by atoms with Gasteiger partial charge in [-0.3, -0.25) is 9.59 Å². The third kappa shape index (κ3) is 6.18. The van der Waals surface area contributed by atoms with Gasteiger partial charge in [-0.1, -0.05) is 47.5 Å². The lowest BCUT2D eigenvalue weighted by Gasteiger charge is -2.12. The number of amides is 2. The van der Waals surface area contributed by atoms with E-state index in [9.17, 15) is 18.0 Å². The number of hydrogen-bond donors (Lipinski definition) is 3. The number of hydrogen-bond acceptors (Lipinski definition) is 4. The van der Waals surface area contributed by atoms with Crippen LogP contribution in [0.25, 0.3) is 6.08 Å². The normalized spacial score (nSPS) is 11.7. The standard InChI is InChI=1S/C22H17Cl2N3O4S/c23-16-7-6-15(19(24)13-16)12-20(27-21(28)14-4-2-1-3-5-14)22(29)26-17-8-10-18(11-9-17)32(25,30)31/h1-13H,(H,26,29)(H,27,28)(H2,25,30,31)/b20-12+. The molecule has 0 unspecified atom stereocenters. The van der Waals surface area contributed by atoms with Crippen LogP contribution in [0.15, 0.2) is 83.4 Å². The molecule has 0 radical (unpaired) electrons. The molecule has 0 fully saturated rings. The highest BCUT2D eigenvalue weighted by molar-refractivity contribution is 7.89. The van der Waals surface area contributed by atoms with Crippen LogP contribution >= 0.6 is 23.2 Å². The maximum Gasteiger partial charge on any atom is 0.272 e. The minimum atomic E-state index is -3.87. The summed E-state index contributed by atoms with van der Waals surface area (Å²) in [4.78, 5) is 25.5. The first-order chi connectivity index (χ1) is 15.1. The van der Waals surface area contributed by atoms with E-state index in [4.69, 9.17) is 28.3 Å². The Morgan fingerprint density at radius 1 is 0.906 bits per heavy atom. The zero-order valence-corrected chi connectivity index (χ0v) is 18.7. The third-order valence-electron chi connectivity index (χ3n) is 4.23. The largest absolute Gasteiger partial charge is 0.321 e. The molecule has 0 saturated carbocycles. The molecule has 0 aliphatic heterocycles. The van der Waals surface area contributed by atoms with Gasteiger partial charge in [0.2, 0.25) is 10.0 Å². The summed E-state index contributed by atoms with van der Waals surface area (Å²) >= 11 is 12.1.